The molecular formula is C15H20O4S. The molecule has 0 heterocycles. The van der Waals surface area contributed by atoms with Crippen molar-refractivity contribution in [1.29, 1.82) is 0 Å². The van der Waals surface area contributed by atoms with Crippen LogP contribution < -0.4 is 0 Å². The minimum absolute atomic E-state index is 0.0325. The van der Waals surface area contributed by atoms with Gasteiger partial charge in [0.1, 0.15) is 0 Å². The molecule has 1 rings (SSSR count). The summed E-state index contributed by atoms with van der Waals surface area (Å²) in [5, 5.41) is 8.24. The van der Waals surface area contributed by atoms with E-state index in [-0.39, 0.29) is 6.42 Å². The van der Waals surface area contributed by atoms with Crippen LogP contribution in [-0.2, 0) is 14.6 Å². The first-order chi connectivity index (χ1) is 9.28. The van der Waals surface area contributed by atoms with E-state index in [1.807, 2.05) is 6.92 Å². The zero-order chi connectivity index (χ0) is 15.3. The smallest absolute Gasteiger partial charge is 0.307 e. The number of aliphatic carboxylic acids is 1. The fraction of sp³-hybridized carbons (Fsp3) is 0.400. The lowest BCUT2D eigenvalue weighted by Crippen LogP contribution is -2.13. The van der Waals surface area contributed by atoms with Crippen molar-refractivity contribution < 1.29 is 18.3 Å². The van der Waals surface area contributed by atoms with Gasteiger partial charge in [0.05, 0.1) is 16.6 Å². The van der Waals surface area contributed by atoms with Crippen LogP contribution in [0.4, 0.5) is 0 Å². The van der Waals surface area contributed by atoms with Crippen LogP contribution >= 0.6 is 0 Å². The molecule has 0 aliphatic rings. The van der Waals surface area contributed by atoms with Gasteiger partial charge in [0.15, 0.2) is 9.84 Å². The Morgan fingerprint density at radius 1 is 1.25 bits per heavy atom. The lowest BCUT2D eigenvalue weighted by Gasteiger charge is -2.10. The number of carboxylic acid groups (broad SMARTS) is 1. The minimum atomic E-state index is -3.27. The predicted octanol–water partition coefficient (Wildman–Crippen LogP) is 3.14. The normalized spacial score (nSPS) is 12.7. The number of sulfone groups is 1. The van der Waals surface area contributed by atoms with Crippen LogP contribution in [0.5, 0.6) is 0 Å². The van der Waals surface area contributed by atoms with E-state index in [0.29, 0.717) is 11.3 Å². The van der Waals surface area contributed by atoms with Crippen LogP contribution in [0.1, 0.15) is 39.2 Å². The van der Waals surface area contributed by atoms with E-state index in [0.717, 1.165) is 11.1 Å². The highest BCUT2D eigenvalue weighted by Gasteiger charge is 2.18. The third-order valence-electron chi connectivity index (χ3n) is 3.08. The van der Waals surface area contributed by atoms with Crippen molar-refractivity contribution in [2.75, 3.05) is 0 Å². The van der Waals surface area contributed by atoms with E-state index in [9.17, 15) is 13.2 Å². The summed E-state index contributed by atoms with van der Waals surface area (Å²) in [5.74, 6) is -0.880. The Bertz CT molecular complexity index is 595. The molecule has 0 aromatic heterocycles. The van der Waals surface area contributed by atoms with Crippen LogP contribution in [0.3, 0.4) is 0 Å². The molecular weight excluding hydrogens is 276 g/mol. The average Bonchev–Trinajstić information content (AvgIpc) is 2.39. The van der Waals surface area contributed by atoms with E-state index in [2.05, 4.69) is 0 Å². The first-order valence-corrected chi connectivity index (χ1v) is 8.08. The van der Waals surface area contributed by atoms with Crippen molar-refractivity contribution in [3.05, 3.63) is 35.9 Å². The highest BCUT2D eigenvalue weighted by Crippen LogP contribution is 2.22. The summed E-state index contributed by atoms with van der Waals surface area (Å²) in [5.41, 5.74) is 1.76. The first-order valence-electron chi connectivity index (χ1n) is 6.54. The third-order valence-corrected chi connectivity index (χ3v) is 5.25. The SMILES string of the molecule is CC/C(=C\CC(=O)O)c1ccc(S(=O)(=O)C(C)C)cc1. The van der Waals surface area contributed by atoms with Gasteiger partial charge in [-0.05, 0) is 43.5 Å². The van der Waals surface area contributed by atoms with E-state index in [1.165, 1.54) is 0 Å². The summed E-state index contributed by atoms with van der Waals surface area (Å²) in [4.78, 5) is 10.9. The number of hydrogen-bond acceptors (Lipinski definition) is 3. The highest BCUT2D eigenvalue weighted by molar-refractivity contribution is 7.92. The molecule has 1 aromatic rings. The molecule has 0 bridgehead atoms. The molecule has 0 aliphatic heterocycles. The zero-order valence-corrected chi connectivity index (χ0v) is 12.8. The van der Waals surface area contributed by atoms with Crippen molar-refractivity contribution in [1.82, 2.24) is 0 Å². The average molecular weight is 296 g/mol. The van der Waals surface area contributed by atoms with Gasteiger partial charge in [-0.15, -0.1) is 0 Å². The summed E-state index contributed by atoms with van der Waals surface area (Å²) < 4.78 is 24.0. The van der Waals surface area contributed by atoms with Gasteiger partial charge in [-0.3, -0.25) is 4.79 Å². The Hall–Kier alpha value is -1.62. The molecule has 0 amide bonds. The molecule has 1 N–H and O–H groups in total. The number of rotatable bonds is 6. The summed E-state index contributed by atoms with van der Waals surface area (Å²) in [7, 11) is -3.27. The number of carboxylic acids is 1. The fourth-order valence-corrected chi connectivity index (χ4v) is 2.87. The predicted molar refractivity (Wildman–Crippen MR) is 79.3 cm³/mol. The van der Waals surface area contributed by atoms with Crippen molar-refractivity contribution in [3.8, 4) is 0 Å². The van der Waals surface area contributed by atoms with E-state index >= 15 is 0 Å². The second kappa shape index (κ2) is 6.70. The molecule has 0 aliphatic carbocycles. The molecule has 1 aromatic carbocycles. The summed E-state index contributed by atoms with van der Waals surface area (Å²) >= 11 is 0. The molecule has 0 saturated carbocycles. The van der Waals surface area contributed by atoms with E-state index < -0.39 is 21.1 Å². The first kappa shape index (κ1) is 16.4. The molecule has 0 unspecified atom stereocenters. The monoisotopic (exact) mass is 296 g/mol. The van der Waals surface area contributed by atoms with Gasteiger partial charge in [0.2, 0.25) is 0 Å². The minimum Gasteiger partial charge on any atom is -0.481 e. The van der Waals surface area contributed by atoms with Gasteiger partial charge in [-0.1, -0.05) is 25.1 Å². The largest absolute Gasteiger partial charge is 0.481 e. The fourth-order valence-electron chi connectivity index (χ4n) is 1.81. The summed E-state index contributed by atoms with van der Waals surface area (Å²) in [6.45, 7) is 5.23. The molecule has 0 fully saturated rings. The van der Waals surface area contributed by atoms with Gasteiger partial charge in [0, 0.05) is 0 Å². The Morgan fingerprint density at radius 2 is 1.80 bits per heavy atom. The summed E-state index contributed by atoms with van der Waals surface area (Å²) in [6, 6.07) is 6.61. The van der Waals surface area contributed by atoms with Gasteiger partial charge < -0.3 is 5.11 Å². The molecule has 110 valence electrons. The van der Waals surface area contributed by atoms with Gasteiger partial charge in [-0.2, -0.15) is 0 Å². The highest BCUT2D eigenvalue weighted by atomic mass is 32.2. The lowest BCUT2D eigenvalue weighted by molar-refractivity contribution is -0.135. The maximum atomic E-state index is 12.0. The topological polar surface area (TPSA) is 71.4 Å². The Balaban J connectivity index is 3.07. The second-order valence-electron chi connectivity index (χ2n) is 4.80. The number of allylic oxidation sites excluding steroid dienone is 1. The number of hydrogen-bond donors (Lipinski definition) is 1. The van der Waals surface area contributed by atoms with Crippen molar-refractivity contribution in [2.45, 2.75) is 43.8 Å². The standard InChI is InChI=1S/C15H20O4S/c1-4-12(7-10-15(16)17)13-5-8-14(9-6-13)20(18,19)11(2)3/h5-9,11H,4,10H2,1-3H3,(H,16,17)/b12-7+. The maximum Gasteiger partial charge on any atom is 0.307 e. The molecule has 4 nitrogen and oxygen atoms in total. The molecule has 0 spiro atoms. The molecule has 0 radical (unpaired) electrons. The van der Waals surface area contributed by atoms with Crippen LogP contribution in [0.15, 0.2) is 35.2 Å². The molecule has 20 heavy (non-hydrogen) atoms. The van der Waals surface area contributed by atoms with Crippen LogP contribution in [0.25, 0.3) is 5.57 Å². The van der Waals surface area contributed by atoms with Gasteiger partial charge >= 0.3 is 5.97 Å². The summed E-state index contributed by atoms with van der Waals surface area (Å²) in [6.07, 6.45) is 2.33. The maximum absolute atomic E-state index is 12.0. The third kappa shape index (κ3) is 3.93. The zero-order valence-electron chi connectivity index (χ0n) is 12.0. The van der Waals surface area contributed by atoms with Gasteiger partial charge in [0.25, 0.3) is 0 Å². The van der Waals surface area contributed by atoms with Crippen molar-refractivity contribution in [2.24, 2.45) is 0 Å². The number of carbonyl (C=O) groups is 1. The number of benzene rings is 1. The van der Waals surface area contributed by atoms with Crippen LogP contribution in [0.2, 0.25) is 0 Å². The molecule has 0 saturated heterocycles. The Labute approximate surface area is 120 Å². The second-order valence-corrected chi connectivity index (χ2v) is 7.30. The lowest BCUT2D eigenvalue weighted by atomic mass is 10.0. The van der Waals surface area contributed by atoms with Gasteiger partial charge in [-0.25, -0.2) is 8.42 Å². The molecule has 5 heteroatoms. The van der Waals surface area contributed by atoms with Crippen molar-refractivity contribution >= 4 is 21.4 Å². The Kier molecular flexibility index (Phi) is 5.51. The Morgan fingerprint density at radius 3 is 2.20 bits per heavy atom. The van der Waals surface area contributed by atoms with Crippen molar-refractivity contribution in [3.63, 3.8) is 0 Å². The van der Waals surface area contributed by atoms with E-state index in [1.54, 1.807) is 44.2 Å². The quantitative estimate of drug-likeness (QED) is 0.875. The molecule has 0 atom stereocenters. The van der Waals surface area contributed by atoms with Crippen LogP contribution in [-0.4, -0.2) is 24.7 Å². The van der Waals surface area contributed by atoms with Crippen LogP contribution in [0, 0.1) is 0 Å². The van der Waals surface area contributed by atoms with E-state index in [4.69, 9.17) is 5.11 Å².